The number of piperazine rings is 1. The molecule has 4 rings (SSSR count). The largest absolute Gasteiger partial charge is 0.488 e. The summed E-state index contributed by atoms with van der Waals surface area (Å²) in [5.41, 5.74) is 8.36. The van der Waals surface area contributed by atoms with Crippen molar-refractivity contribution in [3.63, 3.8) is 0 Å². The minimum Gasteiger partial charge on any atom is -0.488 e. The van der Waals surface area contributed by atoms with Crippen LogP contribution in [0.4, 0.5) is 11.4 Å². The molecule has 0 aliphatic carbocycles. The number of rotatable bonds is 13. The van der Waals surface area contributed by atoms with E-state index in [9.17, 15) is 14.7 Å². The second kappa shape index (κ2) is 14.1. The molecule has 0 spiro atoms. The molecule has 0 bridgehead atoms. The number of amidine groups is 1. The molecule has 1 amide bonds. The lowest BCUT2D eigenvalue weighted by atomic mass is 10.1. The molecule has 0 radical (unpaired) electrons. The molecule has 0 aromatic heterocycles. The number of carbonyl (C=O) groups excluding carboxylic acids is 1. The molecule has 1 aliphatic rings. The maximum Gasteiger partial charge on any atom is 0.341 e. The predicted molar refractivity (Wildman–Crippen MR) is 158 cm³/mol. The molecule has 6 N–H and O–H groups in total. The van der Waals surface area contributed by atoms with E-state index < -0.39 is 12.6 Å². The highest BCUT2D eigenvalue weighted by atomic mass is 16.5. The number of likely N-dealkylation sites (N-methyl/N-ethyl adjacent to an activating group) is 1. The smallest absolute Gasteiger partial charge is 0.341 e. The number of anilines is 2. The lowest BCUT2D eigenvalue weighted by molar-refractivity contribution is -0.139. The molecule has 3 aromatic carbocycles. The summed E-state index contributed by atoms with van der Waals surface area (Å²) < 4.78 is 11.7. The Balaban J connectivity index is 1.44. The average Bonchev–Trinajstić information content (AvgIpc) is 2.96. The van der Waals surface area contributed by atoms with E-state index in [4.69, 9.17) is 20.6 Å². The van der Waals surface area contributed by atoms with Crippen LogP contribution in [0.1, 0.15) is 21.5 Å². The van der Waals surface area contributed by atoms with Crippen molar-refractivity contribution in [3.05, 3.63) is 83.4 Å². The Morgan fingerprint density at radius 2 is 1.71 bits per heavy atom. The van der Waals surface area contributed by atoms with Gasteiger partial charge in [-0.3, -0.25) is 15.1 Å². The number of benzene rings is 3. The fraction of sp³-hybridized carbons (Fsp3) is 0.300. The van der Waals surface area contributed by atoms with Gasteiger partial charge < -0.3 is 35.8 Å². The zero-order chi connectivity index (χ0) is 29.2. The monoisotopic (exact) mass is 560 g/mol. The molecule has 11 heteroatoms. The maximum absolute atomic E-state index is 13.1. The van der Waals surface area contributed by atoms with E-state index in [0.717, 1.165) is 32.7 Å². The van der Waals surface area contributed by atoms with Gasteiger partial charge in [-0.15, -0.1) is 0 Å². The number of nitrogens with zero attached hydrogens (tertiary/aromatic N) is 2. The van der Waals surface area contributed by atoms with E-state index in [1.54, 1.807) is 48.5 Å². The second-order valence-corrected chi connectivity index (χ2v) is 9.76. The minimum absolute atomic E-state index is 0.0476. The number of hydrogen-bond donors (Lipinski definition) is 5. The van der Waals surface area contributed by atoms with Gasteiger partial charge in [-0.05, 0) is 49.5 Å². The Kier molecular flexibility index (Phi) is 10.1. The average molecular weight is 561 g/mol. The van der Waals surface area contributed by atoms with Crippen LogP contribution in [0.25, 0.3) is 0 Å². The topological polar surface area (TPSA) is 153 Å². The van der Waals surface area contributed by atoms with Crippen molar-refractivity contribution in [3.8, 4) is 11.5 Å². The van der Waals surface area contributed by atoms with Gasteiger partial charge in [0.15, 0.2) is 18.1 Å². The highest BCUT2D eigenvalue weighted by Crippen LogP contribution is 2.32. The fourth-order valence-corrected chi connectivity index (χ4v) is 4.43. The first-order valence-corrected chi connectivity index (χ1v) is 13.4. The van der Waals surface area contributed by atoms with E-state index in [1.165, 1.54) is 0 Å². The number of nitrogen functional groups attached to an aromatic ring is 1. The van der Waals surface area contributed by atoms with Gasteiger partial charge in [0.05, 0.1) is 5.56 Å². The van der Waals surface area contributed by atoms with Crippen LogP contribution in [0.15, 0.2) is 66.7 Å². The number of para-hydroxylation sites is 2. The Morgan fingerprint density at radius 1 is 0.976 bits per heavy atom. The van der Waals surface area contributed by atoms with Crippen LogP contribution in [0.3, 0.4) is 0 Å². The molecule has 11 nitrogen and oxygen atoms in total. The predicted octanol–water partition coefficient (Wildman–Crippen LogP) is 2.92. The Bertz CT molecular complexity index is 1360. The third-order valence-electron chi connectivity index (χ3n) is 6.76. The molecule has 1 saturated heterocycles. The maximum atomic E-state index is 13.1. The van der Waals surface area contributed by atoms with Crippen LogP contribution in [-0.2, 0) is 11.3 Å². The second-order valence-electron chi connectivity index (χ2n) is 9.76. The number of carboxylic acids is 1. The molecular weight excluding hydrogens is 524 g/mol. The third-order valence-corrected chi connectivity index (χ3v) is 6.76. The molecule has 216 valence electrons. The van der Waals surface area contributed by atoms with Crippen LogP contribution in [-0.4, -0.2) is 85.6 Å². The Hall–Kier alpha value is -4.61. The summed E-state index contributed by atoms with van der Waals surface area (Å²) in [5, 5.41) is 22.9. The number of carboxylic acid groups (broad SMARTS) is 1. The number of nitrogens with two attached hydrogens (primary N) is 1. The minimum atomic E-state index is -1.09. The van der Waals surface area contributed by atoms with Crippen molar-refractivity contribution in [2.75, 3.05) is 63.6 Å². The summed E-state index contributed by atoms with van der Waals surface area (Å²) in [4.78, 5) is 29.0. The zero-order valence-electron chi connectivity index (χ0n) is 23.1. The van der Waals surface area contributed by atoms with Crippen molar-refractivity contribution in [1.29, 1.82) is 5.41 Å². The van der Waals surface area contributed by atoms with Crippen molar-refractivity contribution >= 4 is 29.1 Å². The van der Waals surface area contributed by atoms with Crippen molar-refractivity contribution in [1.82, 2.24) is 9.80 Å². The van der Waals surface area contributed by atoms with Crippen LogP contribution in [0.5, 0.6) is 11.5 Å². The molecule has 0 saturated carbocycles. The molecule has 1 aliphatic heterocycles. The molecule has 0 unspecified atom stereocenters. The zero-order valence-corrected chi connectivity index (χ0v) is 23.1. The van der Waals surface area contributed by atoms with Crippen LogP contribution in [0.2, 0.25) is 0 Å². The van der Waals surface area contributed by atoms with Crippen LogP contribution < -0.4 is 25.8 Å². The van der Waals surface area contributed by atoms with Gasteiger partial charge >= 0.3 is 5.97 Å². The van der Waals surface area contributed by atoms with Crippen molar-refractivity contribution in [2.45, 2.75) is 6.54 Å². The first-order chi connectivity index (χ1) is 19.8. The summed E-state index contributed by atoms with van der Waals surface area (Å²) in [5.74, 6) is -0.622. The molecule has 0 atom stereocenters. The van der Waals surface area contributed by atoms with Gasteiger partial charge in [-0.1, -0.05) is 24.3 Å². The number of nitrogens with one attached hydrogen (secondary N) is 3. The van der Waals surface area contributed by atoms with Gasteiger partial charge in [0.25, 0.3) is 5.91 Å². The van der Waals surface area contributed by atoms with Gasteiger partial charge in [0.2, 0.25) is 0 Å². The number of aliphatic carboxylic acids is 1. The number of ether oxygens (including phenoxy) is 2. The molecule has 1 heterocycles. The van der Waals surface area contributed by atoms with Crippen LogP contribution >= 0.6 is 0 Å². The van der Waals surface area contributed by atoms with E-state index in [0.29, 0.717) is 46.2 Å². The van der Waals surface area contributed by atoms with Gasteiger partial charge in [0.1, 0.15) is 12.4 Å². The Labute approximate surface area is 239 Å². The molecular formula is C30H36N6O5. The van der Waals surface area contributed by atoms with E-state index in [1.807, 2.05) is 18.2 Å². The first kappa shape index (κ1) is 29.4. The molecule has 1 fully saturated rings. The van der Waals surface area contributed by atoms with E-state index >= 15 is 0 Å². The Morgan fingerprint density at radius 3 is 2.41 bits per heavy atom. The lowest BCUT2D eigenvalue weighted by Gasteiger charge is -2.32. The standard InChI is InChI=1S/C30H36N6O5/c1-35-13-15-36(16-14-35)17-18-40-26-8-4-5-22(28(26)41-20-27(37)38)19-33-25-7-3-2-6-24(25)30(39)34-23-11-9-21(10-12-23)29(31)32/h2-12,33H,13-20H2,1H3,(H3,31,32)(H,34,39)(H,37,38). The highest BCUT2D eigenvalue weighted by molar-refractivity contribution is 6.08. The van der Waals surface area contributed by atoms with Gasteiger partial charge in [-0.25, -0.2) is 4.79 Å². The third kappa shape index (κ3) is 8.44. The highest BCUT2D eigenvalue weighted by Gasteiger charge is 2.17. The molecule has 3 aromatic rings. The summed E-state index contributed by atoms with van der Waals surface area (Å²) in [6.45, 7) is 4.94. The van der Waals surface area contributed by atoms with E-state index in [-0.39, 0.29) is 18.3 Å². The normalized spacial score (nSPS) is 13.8. The van der Waals surface area contributed by atoms with Crippen molar-refractivity contribution < 1.29 is 24.2 Å². The molecule has 41 heavy (non-hydrogen) atoms. The summed E-state index contributed by atoms with van der Waals surface area (Å²) >= 11 is 0. The SMILES string of the molecule is CN1CCN(CCOc2cccc(CNc3ccccc3C(=O)Nc3ccc(C(=N)N)cc3)c2OCC(=O)O)CC1. The van der Waals surface area contributed by atoms with Crippen LogP contribution in [0, 0.1) is 5.41 Å². The number of carbonyl (C=O) groups is 2. The first-order valence-electron chi connectivity index (χ1n) is 13.4. The van der Waals surface area contributed by atoms with Gasteiger partial charge in [-0.2, -0.15) is 0 Å². The summed E-state index contributed by atoms with van der Waals surface area (Å²) in [7, 11) is 2.11. The summed E-state index contributed by atoms with van der Waals surface area (Å²) in [6.07, 6.45) is 0. The van der Waals surface area contributed by atoms with Crippen molar-refractivity contribution in [2.24, 2.45) is 5.73 Å². The van der Waals surface area contributed by atoms with Gasteiger partial charge in [0, 0.05) is 61.8 Å². The number of amides is 1. The lowest BCUT2D eigenvalue weighted by Crippen LogP contribution is -2.45. The van der Waals surface area contributed by atoms with E-state index in [2.05, 4.69) is 27.5 Å². The number of hydrogen-bond acceptors (Lipinski definition) is 8. The summed E-state index contributed by atoms with van der Waals surface area (Å²) in [6, 6.07) is 19.2. The quantitative estimate of drug-likeness (QED) is 0.157. The fourth-order valence-electron chi connectivity index (χ4n) is 4.43.